The van der Waals surface area contributed by atoms with Crippen molar-refractivity contribution in [1.82, 2.24) is 10.2 Å². The van der Waals surface area contributed by atoms with Gasteiger partial charge in [0.1, 0.15) is 5.82 Å². The van der Waals surface area contributed by atoms with Gasteiger partial charge in [0.15, 0.2) is 0 Å². The first-order chi connectivity index (χ1) is 8.08. The summed E-state index contributed by atoms with van der Waals surface area (Å²) in [4.78, 5) is 13.1. The second-order valence-corrected chi connectivity index (χ2v) is 4.40. The molecule has 0 saturated carbocycles. The molecule has 17 heavy (non-hydrogen) atoms. The van der Waals surface area contributed by atoms with E-state index in [-0.39, 0.29) is 5.82 Å². The van der Waals surface area contributed by atoms with Crippen LogP contribution in [0.5, 0.6) is 0 Å². The van der Waals surface area contributed by atoms with Crippen LogP contribution >= 0.6 is 0 Å². The molecule has 1 aromatic rings. The van der Waals surface area contributed by atoms with Crippen molar-refractivity contribution < 1.29 is 9.18 Å². The minimum absolute atomic E-state index is 0.297. The van der Waals surface area contributed by atoms with Gasteiger partial charge in [-0.1, -0.05) is 0 Å². The molecule has 0 bridgehead atoms. The zero-order chi connectivity index (χ0) is 12.4. The Bertz CT molecular complexity index is 432. The number of halogens is 1. The van der Waals surface area contributed by atoms with Crippen molar-refractivity contribution in [2.24, 2.45) is 5.73 Å². The molecule has 1 amide bonds. The Morgan fingerprint density at radius 3 is 2.82 bits per heavy atom. The molecule has 1 aliphatic heterocycles. The van der Waals surface area contributed by atoms with Gasteiger partial charge in [0.2, 0.25) is 5.91 Å². The summed E-state index contributed by atoms with van der Waals surface area (Å²) in [7, 11) is 1.95. The number of nitrogens with one attached hydrogen (secondary N) is 1. The fraction of sp³-hybridized carbons (Fsp3) is 0.417. The topological polar surface area (TPSA) is 58.4 Å². The molecule has 0 radical (unpaired) electrons. The van der Waals surface area contributed by atoms with Crippen molar-refractivity contribution in [3.8, 4) is 0 Å². The monoisotopic (exact) mass is 237 g/mol. The molecule has 1 saturated heterocycles. The van der Waals surface area contributed by atoms with Gasteiger partial charge < -0.3 is 11.1 Å². The Morgan fingerprint density at radius 1 is 1.59 bits per heavy atom. The first-order valence-electron chi connectivity index (χ1n) is 5.57. The van der Waals surface area contributed by atoms with Gasteiger partial charge in [-0.3, -0.25) is 9.69 Å². The van der Waals surface area contributed by atoms with E-state index in [0.29, 0.717) is 23.7 Å². The lowest BCUT2D eigenvalue weighted by atomic mass is 10.1. The summed E-state index contributed by atoms with van der Waals surface area (Å²) in [6.45, 7) is 2.33. The van der Waals surface area contributed by atoms with Crippen LogP contribution in [0.15, 0.2) is 18.2 Å². The predicted octanol–water partition coefficient (Wildman–Crippen LogP) is 0.328. The maximum absolute atomic E-state index is 13.6. The van der Waals surface area contributed by atoms with E-state index in [2.05, 4.69) is 10.2 Å². The third-order valence-electron chi connectivity index (χ3n) is 3.13. The average Bonchev–Trinajstić information content (AvgIpc) is 2.18. The van der Waals surface area contributed by atoms with Crippen LogP contribution in [0.25, 0.3) is 0 Å². The maximum atomic E-state index is 13.6. The van der Waals surface area contributed by atoms with Gasteiger partial charge in [-0.2, -0.15) is 0 Å². The Morgan fingerprint density at radius 2 is 2.29 bits per heavy atom. The van der Waals surface area contributed by atoms with Gasteiger partial charge in [-0.15, -0.1) is 0 Å². The van der Waals surface area contributed by atoms with Crippen molar-refractivity contribution in [2.75, 3.05) is 20.1 Å². The Hall–Kier alpha value is -1.46. The molecule has 92 valence electrons. The summed E-state index contributed by atoms with van der Waals surface area (Å²) in [5.41, 5.74) is 6.03. The molecule has 5 heteroatoms. The molecule has 1 fully saturated rings. The van der Waals surface area contributed by atoms with Gasteiger partial charge in [0.25, 0.3) is 0 Å². The summed E-state index contributed by atoms with van der Waals surface area (Å²) >= 11 is 0. The van der Waals surface area contributed by atoms with Crippen LogP contribution in [0.2, 0.25) is 0 Å². The van der Waals surface area contributed by atoms with Crippen LogP contribution in [-0.4, -0.2) is 37.0 Å². The molecule has 0 spiro atoms. The van der Waals surface area contributed by atoms with Crippen molar-refractivity contribution >= 4 is 5.91 Å². The van der Waals surface area contributed by atoms with Crippen molar-refractivity contribution in [1.29, 1.82) is 0 Å². The molecular formula is C12H16FN3O. The Kier molecular flexibility index (Phi) is 3.40. The van der Waals surface area contributed by atoms with E-state index < -0.39 is 5.91 Å². The normalized spacial score (nSPS) is 15.9. The number of carbonyl (C=O) groups excluding carboxylic acids is 1. The fourth-order valence-electron chi connectivity index (χ4n) is 1.83. The number of hydrogen-bond acceptors (Lipinski definition) is 3. The maximum Gasteiger partial charge on any atom is 0.248 e. The molecule has 0 aliphatic carbocycles. The first-order valence-corrected chi connectivity index (χ1v) is 5.57. The van der Waals surface area contributed by atoms with E-state index in [1.165, 1.54) is 18.2 Å². The van der Waals surface area contributed by atoms with Gasteiger partial charge in [0.05, 0.1) is 0 Å². The van der Waals surface area contributed by atoms with Crippen LogP contribution in [0, 0.1) is 5.82 Å². The molecule has 0 aromatic heterocycles. The summed E-state index contributed by atoms with van der Waals surface area (Å²) in [6, 6.07) is 4.67. The largest absolute Gasteiger partial charge is 0.366 e. The second kappa shape index (κ2) is 4.81. The van der Waals surface area contributed by atoms with E-state index in [1.54, 1.807) is 0 Å². The molecule has 1 aromatic carbocycles. The van der Waals surface area contributed by atoms with Crippen molar-refractivity contribution in [3.05, 3.63) is 35.1 Å². The van der Waals surface area contributed by atoms with Crippen LogP contribution in [0.1, 0.15) is 15.9 Å². The highest BCUT2D eigenvalue weighted by atomic mass is 19.1. The second-order valence-electron chi connectivity index (χ2n) is 4.40. The summed E-state index contributed by atoms with van der Waals surface area (Å²) in [6.07, 6.45) is 0. The van der Waals surface area contributed by atoms with Crippen LogP contribution < -0.4 is 11.1 Å². The van der Waals surface area contributed by atoms with E-state index in [9.17, 15) is 9.18 Å². The lowest BCUT2D eigenvalue weighted by Crippen LogP contribution is -2.55. The predicted molar refractivity (Wildman–Crippen MR) is 63.0 cm³/mol. The van der Waals surface area contributed by atoms with E-state index in [1.807, 2.05) is 7.05 Å². The van der Waals surface area contributed by atoms with Gasteiger partial charge in [0, 0.05) is 36.8 Å². The number of primary amides is 1. The third-order valence-corrected chi connectivity index (χ3v) is 3.13. The number of nitrogens with zero attached hydrogens (tertiary/aromatic N) is 1. The Labute approximate surface area is 99.6 Å². The minimum atomic E-state index is -0.529. The molecule has 2 rings (SSSR count). The molecule has 1 heterocycles. The van der Waals surface area contributed by atoms with Crippen LogP contribution in [0.3, 0.4) is 0 Å². The summed E-state index contributed by atoms with van der Waals surface area (Å²) in [5, 5.41) is 3.16. The number of likely N-dealkylation sites (N-methyl/N-ethyl adjacent to an activating group) is 1. The van der Waals surface area contributed by atoms with Gasteiger partial charge in [-0.25, -0.2) is 4.39 Å². The molecule has 1 aliphatic rings. The van der Waals surface area contributed by atoms with Crippen LogP contribution in [0.4, 0.5) is 4.39 Å². The molecule has 0 atom stereocenters. The number of amides is 1. The zero-order valence-electron chi connectivity index (χ0n) is 9.74. The highest BCUT2D eigenvalue weighted by Crippen LogP contribution is 2.14. The number of nitrogens with two attached hydrogens (primary N) is 1. The quantitative estimate of drug-likeness (QED) is 0.793. The van der Waals surface area contributed by atoms with Gasteiger partial charge >= 0.3 is 0 Å². The lowest BCUT2D eigenvalue weighted by Gasteiger charge is -2.35. The lowest BCUT2D eigenvalue weighted by molar-refractivity contribution is 0.1000. The standard InChI is InChI=1S/C12H16FN3O/c1-16(10-5-15-6-10)7-9-4-8(12(14)17)2-3-11(9)13/h2-4,10,15H,5-7H2,1H3,(H2,14,17). The average molecular weight is 237 g/mol. The molecular weight excluding hydrogens is 221 g/mol. The number of rotatable bonds is 4. The van der Waals surface area contributed by atoms with E-state index >= 15 is 0 Å². The van der Waals surface area contributed by atoms with Crippen molar-refractivity contribution in [3.63, 3.8) is 0 Å². The fourth-order valence-corrected chi connectivity index (χ4v) is 1.83. The summed E-state index contributed by atoms with van der Waals surface area (Å²) < 4.78 is 13.6. The number of benzene rings is 1. The third kappa shape index (κ3) is 2.62. The van der Waals surface area contributed by atoms with E-state index in [4.69, 9.17) is 5.73 Å². The van der Waals surface area contributed by atoms with Crippen molar-refractivity contribution in [2.45, 2.75) is 12.6 Å². The highest BCUT2D eigenvalue weighted by molar-refractivity contribution is 5.92. The SMILES string of the molecule is CN(Cc1cc(C(N)=O)ccc1F)C1CNC1. The molecule has 3 N–H and O–H groups in total. The molecule has 0 unspecified atom stereocenters. The zero-order valence-corrected chi connectivity index (χ0v) is 9.74. The number of hydrogen-bond donors (Lipinski definition) is 2. The van der Waals surface area contributed by atoms with Gasteiger partial charge in [-0.05, 0) is 25.2 Å². The van der Waals surface area contributed by atoms with Crippen LogP contribution in [-0.2, 0) is 6.54 Å². The van der Waals surface area contributed by atoms with E-state index in [0.717, 1.165) is 13.1 Å². The minimum Gasteiger partial charge on any atom is -0.366 e. The molecule has 4 nitrogen and oxygen atoms in total. The number of carbonyl (C=O) groups is 1. The smallest absolute Gasteiger partial charge is 0.248 e. The Balaban J connectivity index is 2.13. The highest BCUT2D eigenvalue weighted by Gasteiger charge is 2.22. The first kappa shape index (κ1) is 12.0. The summed E-state index contributed by atoms with van der Waals surface area (Å²) in [5.74, 6) is -0.826.